The van der Waals surface area contributed by atoms with Gasteiger partial charge in [-0.25, -0.2) is 0 Å². The molecule has 0 radical (unpaired) electrons. The largest absolute Gasteiger partial charge is 0.507 e. The number of aromatic hydroxyl groups is 1. The summed E-state index contributed by atoms with van der Waals surface area (Å²) >= 11 is 0. The van der Waals surface area contributed by atoms with Gasteiger partial charge in [0.05, 0.1) is 25.4 Å². The molecule has 2 N–H and O–H groups in total. The summed E-state index contributed by atoms with van der Waals surface area (Å²) in [5.41, 5.74) is 0.249. The SMILES string of the molecule is COCC1C(NC(=O)c2ccc(OC)cc2O)C2CCOC21. The monoisotopic (exact) mass is 307 g/mol. The van der Waals surface area contributed by atoms with E-state index >= 15 is 0 Å². The first kappa shape index (κ1) is 15.1. The zero-order chi connectivity index (χ0) is 15.7. The lowest BCUT2D eigenvalue weighted by Gasteiger charge is -2.47. The fourth-order valence-corrected chi connectivity index (χ4v) is 3.49. The molecule has 6 nitrogen and oxygen atoms in total. The summed E-state index contributed by atoms with van der Waals surface area (Å²) in [6.45, 7) is 1.29. The molecule has 1 amide bonds. The molecular weight excluding hydrogens is 286 g/mol. The Bertz CT molecular complexity index is 561. The summed E-state index contributed by atoms with van der Waals surface area (Å²) in [7, 11) is 3.16. The van der Waals surface area contributed by atoms with Crippen LogP contribution in [0.1, 0.15) is 16.8 Å². The smallest absolute Gasteiger partial charge is 0.255 e. The van der Waals surface area contributed by atoms with Crippen LogP contribution < -0.4 is 10.1 Å². The Morgan fingerprint density at radius 2 is 2.27 bits per heavy atom. The van der Waals surface area contributed by atoms with Crippen LogP contribution in [-0.2, 0) is 9.47 Å². The first-order valence-corrected chi connectivity index (χ1v) is 7.44. The maximum absolute atomic E-state index is 12.4. The highest BCUT2D eigenvalue weighted by molar-refractivity contribution is 5.97. The molecular formula is C16H21NO5. The van der Waals surface area contributed by atoms with Gasteiger partial charge in [-0.3, -0.25) is 4.79 Å². The first-order valence-electron chi connectivity index (χ1n) is 7.44. The minimum Gasteiger partial charge on any atom is -0.507 e. The van der Waals surface area contributed by atoms with E-state index in [0.29, 0.717) is 18.3 Å². The highest BCUT2D eigenvalue weighted by atomic mass is 16.5. The molecule has 1 aromatic carbocycles. The Balaban J connectivity index is 1.71. The highest BCUT2D eigenvalue weighted by Crippen LogP contribution is 2.44. The van der Waals surface area contributed by atoms with Crippen LogP contribution in [0.15, 0.2) is 18.2 Å². The summed E-state index contributed by atoms with van der Waals surface area (Å²) in [6, 6.07) is 4.69. The van der Waals surface area contributed by atoms with E-state index in [2.05, 4.69) is 5.32 Å². The summed E-state index contributed by atoms with van der Waals surface area (Å²) in [6.07, 6.45) is 1.12. The third kappa shape index (κ3) is 2.53. The molecule has 1 aliphatic carbocycles. The lowest BCUT2D eigenvalue weighted by atomic mass is 9.67. The predicted molar refractivity (Wildman–Crippen MR) is 79.1 cm³/mol. The van der Waals surface area contributed by atoms with Crippen LogP contribution in [-0.4, -0.2) is 50.6 Å². The molecule has 4 unspecified atom stereocenters. The molecule has 2 fully saturated rings. The van der Waals surface area contributed by atoms with E-state index < -0.39 is 0 Å². The molecule has 0 aromatic heterocycles. The van der Waals surface area contributed by atoms with Gasteiger partial charge in [0, 0.05) is 37.7 Å². The van der Waals surface area contributed by atoms with E-state index in [4.69, 9.17) is 14.2 Å². The van der Waals surface area contributed by atoms with E-state index in [1.54, 1.807) is 19.2 Å². The van der Waals surface area contributed by atoms with Crippen molar-refractivity contribution in [3.8, 4) is 11.5 Å². The highest BCUT2D eigenvalue weighted by Gasteiger charge is 2.54. The van der Waals surface area contributed by atoms with Gasteiger partial charge in [-0.05, 0) is 18.6 Å². The number of rotatable bonds is 5. The Morgan fingerprint density at radius 3 is 2.95 bits per heavy atom. The van der Waals surface area contributed by atoms with E-state index in [1.165, 1.54) is 13.2 Å². The molecule has 1 heterocycles. The molecule has 0 bridgehead atoms. The first-order chi connectivity index (χ1) is 10.7. The molecule has 2 aliphatic rings. The second-order valence-corrected chi connectivity index (χ2v) is 5.79. The van der Waals surface area contributed by atoms with Crippen LogP contribution in [0.4, 0.5) is 0 Å². The normalized spacial score (nSPS) is 29.5. The topological polar surface area (TPSA) is 77.0 Å². The molecule has 1 aliphatic heterocycles. The molecule has 1 saturated carbocycles. The number of benzene rings is 1. The number of fused-ring (bicyclic) bond motifs is 1. The third-order valence-corrected chi connectivity index (χ3v) is 4.63. The number of carbonyl (C=O) groups is 1. The van der Waals surface area contributed by atoms with E-state index in [1.807, 2.05) is 0 Å². The Kier molecular flexibility index (Phi) is 4.22. The van der Waals surface area contributed by atoms with Gasteiger partial charge in [0.1, 0.15) is 11.5 Å². The number of nitrogens with one attached hydrogen (secondary N) is 1. The van der Waals surface area contributed by atoms with Crippen molar-refractivity contribution < 1.29 is 24.1 Å². The number of hydrogen-bond acceptors (Lipinski definition) is 5. The lowest BCUT2D eigenvalue weighted by Crippen LogP contribution is -2.62. The van der Waals surface area contributed by atoms with Crippen molar-refractivity contribution in [1.29, 1.82) is 0 Å². The number of carbonyl (C=O) groups excluding carboxylic acids is 1. The summed E-state index contributed by atoms with van der Waals surface area (Å²) in [4.78, 5) is 12.4. The zero-order valence-electron chi connectivity index (χ0n) is 12.7. The van der Waals surface area contributed by atoms with E-state index in [0.717, 1.165) is 13.0 Å². The van der Waals surface area contributed by atoms with Crippen LogP contribution in [0.5, 0.6) is 11.5 Å². The van der Waals surface area contributed by atoms with Crippen LogP contribution in [0, 0.1) is 11.8 Å². The molecule has 4 atom stereocenters. The fourth-order valence-electron chi connectivity index (χ4n) is 3.49. The zero-order valence-corrected chi connectivity index (χ0v) is 12.7. The number of hydrogen-bond donors (Lipinski definition) is 2. The van der Waals surface area contributed by atoms with Crippen molar-refractivity contribution in [2.75, 3.05) is 27.4 Å². The van der Waals surface area contributed by atoms with Gasteiger partial charge in [0.2, 0.25) is 0 Å². The van der Waals surface area contributed by atoms with Gasteiger partial charge >= 0.3 is 0 Å². The standard InChI is InChI=1S/C16H21NO5/c1-20-8-12-14(11-5-6-22-15(11)12)17-16(19)10-4-3-9(21-2)7-13(10)18/h3-4,7,11-12,14-15,18H,5-6,8H2,1-2H3,(H,17,19). The fraction of sp³-hybridized carbons (Fsp3) is 0.562. The van der Waals surface area contributed by atoms with Gasteiger partial charge in [0.25, 0.3) is 5.91 Å². The maximum Gasteiger partial charge on any atom is 0.255 e. The molecule has 1 saturated heterocycles. The minimum absolute atomic E-state index is 0.0291. The maximum atomic E-state index is 12.4. The van der Waals surface area contributed by atoms with Gasteiger partial charge in [-0.2, -0.15) is 0 Å². The summed E-state index contributed by atoms with van der Waals surface area (Å²) < 4.78 is 15.9. The van der Waals surface area contributed by atoms with Crippen molar-refractivity contribution in [2.45, 2.75) is 18.6 Å². The Morgan fingerprint density at radius 1 is 1.45 bits per heavy atom. The van der Waals surface area contributed by atoms with E-state index in [9.17, 15) is 9.90 Å². The lowest BCUT2D eigenvalue weighted by molar-refractivity contribution is -0.0809. The molecule has 0 spiro atoms. The predicted octanol–water partition coefficient (Wildman–Crippen LogP) is 1.18. The van der Waals surface area contributed by atoms with Gasteiger partial charge in [-0.15, -0.1) is 0 Å². The third-order valence-electron chi connectivity index (χ3n) is 4.63. The second kappa shape index (κ2) is 6.14. The average Bonchev–Trinajstić information content (AvgIpc) is 2.94. The van der Waals surface area contributed by atoms with Crippen molar-refractivity contribution in [3.63, 3.8) is 0 Å². The number of phenolic OH excluding ortho intramolecular Hbond substituents is 1. The van der Waals surface area contributed by atoms with Crippen molar-refractivity contribution in [1.82, 2.24) is 5.32 Å². The Hall–Kier alpha value is -1.79. The quantitative estimate of drug-likeness (QED) is 0.854. The molecule has 6 heteroatoms. The molecule has 22 heavy (non-hydrogen) atoms. The molecule has 120 valence electrons. The Labute approximate surface area is 129 Å². The average molecular weight is 307 g/mol. The molecule has 3 rings (SSSR count). The number of phenols is 1. The van der Waals surface area contributed by atoms with Crippen molar-refractivity contribution >= 4 is 5.91 Å². The summed E-state index contributed by atoms with van der Waals surface area (Å²) in [5, 5.41) is 13.0. The number of ether oxygens (including phenoxy) is 3. The van der Waals surface area contributed by atoms with Crippen LogP contribution in [0.2, 0.25) is 0 Å². The van der Waals surface area contributed by atoms with Crippen LogP contribution >= 0.6 is 0 Å². The van der Waals surface area contributed by atoms with Gasteiger partial charge in [-0.1, -0.05) is 0 Å². The van der Waals surface area contributed by atoms with E-state index in [-0.39, 0.29) is 35.3 Å². The molecule has 1 aromatic rings. The van der Waals surface area contributed by atoms with Crippen molar-refractivity contribution in [2.24, 2.45) is 11.8 Å². The van der Waals surface area contributed by atoms with Crippen LogP contribution in [0.25, 0.3) is 0 Å². The van der Waals surface area contributed by atoms with Crippen LogP contribution in [0.3, 0.4) is 0 Å². The minimum atomic E-state index is -0.281. The second-order valence-electron chi connectivity index (χ2n) is 5.79. The van der Waals surface area contributed by atoms with Gasteiger partial charge in [0.15, 0.2) is 0 Å². The van der Waals surface area contributed by atoms with Gasteiger partial charge < -0.3 is 24.6 Å². The number of methoxy groups -OCH3 is 2. The number of amides is 1. The van der Waals surface area contributed by atoms with Crippen molar-refractivity contribution in [3.05, 3.63) is 23.8 Å². The summed E-state index contributed by atoms with van der Waals surface area (Å²) in [5.74, 6) is 0.654.